The maximum absolute atomic E-state index is 11.5. The Hall–Kier alpha value is -0.870. The van der Waals surface area contributed by atoms with E-state index in [4.69, 9.17) is 9.47 Å². The molecule has 0 radical (unpaired) electrons. The molecule has 1 aliphatic rings. The van der Waals surface area contributed by atoms with Gasteiger partial charge in [-0.15, -0.1) is 0 Å². The number of allylic oxidation sites excluding steroid dienone is 1. The Labute approximate surface area is 78.1 Å². The quantitative estimate of drug-likeness (QED) is 0.596. The molecule has 0 bridgehead atoms. The van der Waals surface area contributed by atoms with Crippen LogP contribution in [-0.2, 0) is 14.3 Å². The van der Waals surface area contributed by atoms with Crippen LogP contribution >= 0.6 is 0 Å². The molecule has 0 spiro atoms. The number of likely N-dealkylation sites (N-methyl/N-ethyl adjacent to an activating group) is 1. The van der Waals surface area contributed by atoms with Gasteiger partial charge >= 0.3 is 0 Å². The van der Waals surface area contributed by atoms with Crippen molar-refractivity contribution in [3.8, 4) is 0 Å². The second kappa shape index (κ2) is 3.47. The number of carbonyl (C=O) groups is 1. The SMILES string of the molecule is COC1(OC)C=C(N(C)C)C(=O)C1. The number of nitrogens with zero attached hydrogens (tertiary/aromatic N) is 1. The molecule has 13 heavy (non-hydrogen) atoms. The highest BCUT2D eigenvalue weighted by molar-refractivity contribution is 5.98. The van der Waals surface area contributed by atoms with Crippen LogP contribution < -0.4 is 0 Å². The lowest BCUT2D eigenvalue weighted by molar-refractivity contribution is -0.171. The molecule has 4 nitrogen and oxygen atoms in total. The van der Waals surface area contributed by atoms with Crippen LogP contribution in [0, 0.1) is 0 Å². The van der Waals surface area contributed by atoms with Crippen molar-refractivity contribution >= 4 is 5.78 Å². The van der Waals surface area contributed by atoms with Gasteiger partial charge in [0.2, 0.25) is 0 Å². The van der Waals surface area contributed by atoms with E-state index in [2.05, 4.69) is 0 Å². The molecule has 1 aliphatic carbocycles. The maximum Gasteiger partial charge on any atom is 0.197 e. The molecule has 0 N–H and O–H groups in total. The Kier molecular flexibility index (Phi) is 2.73. The van der Waals surface area contributed by atoms with Crippen LogP contribution in [0.1, 0.15) is 6.42 Å². The Balaban J connectivity index is 2.92. The van der Waals surface area contributed by atoms with Gasteiger partial charge in [-0.05, 0) is 0 Å². The Bertz CT molecular complexity index is 241. The summed E-state index contributed by atoms with van der Waals surface area (Å²) in [4.78, 5) is 13.2. The summed E-state index contributed by atoms with van der Waals surface area (Å²) in [6.45, 7) is 0. The van der Waals surface area contributed by atoms with Crippen LogP contribution in [0.25, 0.3) is 0 Å². The van der Waals surface area contributed by atoms with Gasteiger partial charge in [-0.2, -0.15) is 0 Å². The summed E-state index contributed by atoms with van der Waals surface area (Å²) in [7, 11) is 6.72. The Morgan fingerprint density at radius 3 is 2.15 bits per heavy atom. The fraction of sp³-hybridized carbons (Fsp3) is 0.667. The Morgan fingerprint density at radius 1 is 1.38 bits per heavy atom. The molecule has 4 heteroatoms. The number of rotatable bonds is 3. The molecule has 0 fully saturated rings. The molecule has 0 aromatic carbocycles. The second-order valence-corrected chi connectivity index (χ2v) is 3.24. The zero-order valence-electron chi connectivity index (χ0n) is 8.46. The fourth-order valence-electron chi connectivity index (χ4n) is 1.38. The number of carbonyl (C=O) groups excluding carboxylic acids is 1. The molecular formula is C9H15NO3. The van der Waals surface area contributed by atoms with E-state index in [1.54, 1.807) is 11.0 Å². The molecule has 74 valence electrons. The highest BCUT2D eigenvalue weighted by Gasteiger charge is 2.39. The predicted molar refractivity (Wildman–Crippen MR) is 48.1 cm³/mol. The van der Waals surface area contributed by atoms with E-state index in [1.807, 2.05) is 14.1 Å². The first-order chi connectivity index (χ1) is 6.04. The van der Waals surface area contributed by atoms with Gasteiger partial charge in [0.15, 0.2) is 11.6 Å². The molecule has 0 aliphatic heterocycles. The lowest BCUT2D eigenvalue weighted by Crippen LogP contribution is -2.29. The van der Waals surface area contributed by atoms with Crippen LogP contribution in [0.2, 0.25) is 0 Å². The first-order valence-electron chi connectivity index (χ1n) is 4.08. The van der Waals surface area contributed by atoms with Crippen molar-refractivity contribution in [2.45, 2.75) is 12.2 Å². The third-order valence-corrected chi connectivity index (χ3v) is 2.22. The summed E-state index contributed by atoms with van der Waals surface area (Å²) in [6.07, 6.45) is 1.98. The lowest BCUT2D eigenvalue weighted by atomic mass is 10.2. The first kappa shape index (κ1) is 10.2. The van der Waals surface area contributed by atoms with Gasteiger partial charge in [-0.1, -0.05) is 0 Å². The molecule has 0 heterocycles. The van der Waals surface area contributed by atoms with Gasteiger partial charge in [0.05, 0.1) is 12.1 Å². The monoisotopic (exact) mass is 185 g/mol. The van der Waals surface area contributed by atoms with E-state index in [9.17, 15) is 4.79 Å². The fourth-order valence-corrected chi connectivity index (χ4v) is 1.38. The third kappa shape index (κ3) is 1.73. The van der Waals surface area contributed by atoms with Gasteiger partial charge in [-0.3, -0.25) is 4.79 Å². The normalized spacial score (nSPS) is 20.3. The molecule has 0 atom stereocenters. The molecule has 0 unspecified atom stereocenters. The van der Waals surface area contributed by atoms with Crippen LogP contribution in [0.3, 0.4) is 0 Å². The van der Waals surface area contributed by atoms with Crippen LogP contribution in [0.5, 0.6) is 0 Å². The standard InChI is InChI=1S/C9H15NO3/c1-10(2)7-5-9(12-3,13-4)6-8(7)11/h5H,6H2,1-4H3. The Morgan fingerprint density at radius 2 is 1.92 bits per heavy atom. The predicted octanol–water partition coefficient (Wildman–Crippen LogP) is 0.394. The van der Waals surface area contributed by atoms with Crippen molar-refractivity contribution in [2.75, 3.05) is 28.3 Å². The lowest BCUT2D eigenvalue weighted by Gasteiger charge is -2.22. The number of ketones is 1. The summed E-state index contributed by atoms with van der Waals surface area (Å²) in [5.41, 5.74) is 0.642. The van der Waals surface area contributed by atoms with Gasteiger partial charge in [-0.25, -0.2) is 0 Å². The smallest absolute Gasteiger partial charge is 0.197 e. The third-order valence-electron chi connectivity index (χ3n) is 2.22. The maximum atomic E-state index is 11.5. The summed E-state index contributed by atoms with van der Waals surface area (Å²) in [6, 6.07) is 0. The zero-order chi connectivity index (χ0) is 10.1. The summed E-state index contributed by atoms with van der Waals surface area (Å²) < 4.78 is 10.3. The van der Waals surface area contributed by atoms with E-state index < -0.39 is 5.79 Å². The molecule has 0 saturated carbocycles. The average Bonchev–Trinajstić information content (AvgIpc) is 2.44. The van der Waals surface area contributed by atoms with Crippen LogP contribution in [0.4, 0.5) is 0 Å². The molecule has 0 aromatic heterocycles. The van der Waals surface area contributed by atoms with Crippen molar-refractivity contribution in [1.82, 2.24) is 4.90 Å². The topological polar surface area (TPSA) is 38.8 Å². The minimum Gasteiger partial charge on any atom is -0.375 e. The van der Waals surface area contributed by atoms with E-state index in [1.165, 1.54) is 14.2 Å². The minimum absolute atomic E-state index is 0.0497. The minimum atomic E-state index is -0.851. The van der Waals surface area contributed by atoms with E-state index in [-0.39, 0.29) is 12.2 Å². The van der Waals surface area contributed by atoms with Crippen molar-refractivity contribution in [3.05, 3.63) is 11.8 Å². The summed E-state index contributed by atoms with van der Waals surface area (Å²) in [5, 5.41) is 0. The molecule has 1 rings (SSSR count). The number of Topliss-reactive ketones (excluding diaryl/α,β-unsaturated/α-hetero) is 1. The summed E-state index contributed by atoms with van der Waals surface area (Å²) >= 11 is 0. The number of hydrogen-bond acceptors (Lipinski definition) is 4. The summed E-state index contributed by atoms with van der Waals surface area (Å²) in [5.74, 6) is -0.801. The van der Waals surface area contributed by atoms with Gasteiger partial charge in [0.25, 0.3) is 0 Å². The van der Waals surface area contributed by atoms with Crippen molar-refractivity contribution in [2.24, 2.45) is 0 Å². The second-order valence-electron chi connectivity index (χ2n) is 3.24. The van der Waals surface area contributed by atoms with E-state index in [0.717, 1.165) is 0 Å². The number of hydrogen-bond donors (Lipinski definition) is 0. The highest BCUT2D eigenvalue weighted by Crippen LogP contribution is 2.29. The molecular weight excluding hydrogens is 170 g/mol. The zero-order valence-corrected chi connectivity index (χ0v) is 8.46. The largest absolute Gasteiger partial charge is 0.375 e. The average molecular weight is 185 g/mol. The molecule has 0 aromatic rings. The molecule has 0 saturated heterocycles. The van der Waals surface area contributed by atoms with Crippen molar-refractivity contribution in [3.63, 3.8) is 0 Å². The van der Waals surface area contributed by atoms with Crippen molar-refractivity contribution < 1.29 is 14.3 Å². The van der Waals surface area contributed by atoms with E-state index in [0.29, 0.717) is 5.70 Å². The van der Waals surface area contributed by atoms with Crippen LogP contribution in [0.15, 0.2) is 11.8 Å². The molecule has 0 amide bonds. The first-order valence-corrected chi connectivity index (χ1v) is 4.08. The van der Waals surface area contributed by atoms with Gasteiger partial charge < -0.3 is 14.4 Å². The van der Waals surface area contributed by atoms with Crippen molar-refractivity contribution in [1.29, 1.82) is 0 Å². The highest BCUT2D eigenvalue weighted by atomic mass is 16.7. The van der Waals surface area contributed by atoms with Crippen LogP contribution in [-0.4, -0.2) is 44.8 Å². The number of ether oxygens (including phenoxy) is 2. The van der Waals surface area contributed by atoms with Gasteiger partial charge in [0, 0.05) is 34.4 Å². The van der Waals surface area contributed by atoms with E-state index >= 15 is 0 Å². The number of methoxy groups -OCH3 is 2. The van der Waals surface area contributed by atoms with Gasteiger partial charge in [0.1, 0.15) is 0 Å².